The van der Waals surface area contributed by atoms with Crippen molar-refractivity contribution in [1.29, 1.82) is 0 Å². The molecule has 2 atom stereocenters. The number of aromatic nitrogens is 1. The number of amides is 1. The van der Waals surface area contributed by atoms with Crippen LogP contribution in [0.2, 0.25) is 0 Å². The summed E-state index contributed by atoms with van der Waals surface area (Å²) in [4.78, 5) is 16.0. The molecule has 5 nitrogen and oxygen atoms in total. The van der Waals surface area contributed by atoms with Gasteiger partial charge in [-0.05, 0) is 53.8 Å². The van der Waals surface area contributed by atoms with Crippen LogP contribution in [0.5, 0.6) is 0 Å². The minimum atomic E-state index is -0.521. The Kier molecular flexibility index (Phi) is 7.65. The van der Waals surface area contributed by atoms with Gasteiger partial charge in [-0.3, -0.25) is 15.0 Å². The molecule has 0 saturated heterocycles. The number of pyridine rings is 1. The molecule has 0 saturated carbocycles. The average molecular weight is 408 g/mol. The molecule has 0 aliphatic rings. The van der Waals surface area contributed by atoms with E-state index in [1.807, 2.05) is 49.5 Å². The molecule has 3 rings (SSSR count). The van der Waals surface area contributed by atoms with E-state index in [0.717, 1.165) is 22.3 Å². The standard InChI is InChI=1S/C24H25FN2O3/c1-2-30-23(15-24(28)27-29)22(19-9-11-21(25)12-10-19)14-17-5-7-18(8-6-17)20-4-3-13-26-16-20/h3-13,16,22-23,29H,2,14-15H2,1H3,(H,27,28)/t22-,23-/m1/s1. The second-order valence-electron chi connectivity index (χ2n) is 7.03. The van der Waals surface area contributed by atoms with Crippen LogP contribution in [-0.2, 0) is 16.0 Å². The third-order valence-corrected chi connectivity index (χ3v) is 5.04. The maximum atomic E-state index is 13.5. The number of ether oxygens (including phenoxy) is 1. The molecule has 0 spiro atoms. The molecule has 1 heterocycles. The fraction of sp³-hybridized carbons (Fsp3) is 0.250. The minimum absolute atomic E-state index is 0.000150. The van der Waals surface area contributed by atoms with Crippen LogP contribution in [0.1, 0.15) is 30.4 Å². The van der Waals surface area contributed by atoms with E-state index in [2.05, 4.69) is 4.98 Å². The van der Waals surface area contributed by atoms with Crippen molar-refractivity contribution in [3.63, 3.8) is 0 Å². The summed E-state index contributed by atoms with van der Waals surface area (Å²) in [6.07, 6.45) is 3.68. The number of benzene rings is 2. The fourth-order valence-corrected chi connectivity index (χ4v) is 3.55. The van der Waals surface area contributed by atoms with Crippen molar-refractivity contribution in [3.05, 3.63) is 90.0 Å². The van der Waals surface area contributed by atoms with E-state index in [1.165, 1.54) is 12.1 Å². The molecule has 0 aliphatic carbocycles. The molecule has 0 aliphatic heterocycles. The Morgan fingerprint density at radius 3 is 2.43 bits per heavy atom. The number of halogens is 1. The Bertz CT molecular complexity index is 931. The fourth-order valence-electron chi connectivity index (χ4n) is 3.55. The Morgan fingerprint density at radius 1 is 1.10 bits per heavy atom. The summed E-state index contributed by atoms with van der Waals surface area (Å²) < 4.78 is 19.3. The summed E-state index contributed by atoms with van der Waals surface area (Å²) in [5.74, 6) is -1.03. The summed E-state index contributed by atoms with van der Waals surface area (Å²) in [7, 11) is 0. The molecule has 30 heavy (non-hydrogen) atoms. The summed E-state index contributed by atoms with van der Waals surface area (Å²) >= 11 is 0. The van der Waals surface area contributed by atoms with Crippen LogP contribution in [0, 0.1) is 5.82 Å². The number of hydroxylamine groups is 1. The van der Waals surface area contributed by atoms with Crippen molar-refractivity contribution in [2.75, 3.05) is 6.61 Å². The highest BCUT2D eigenvalue weighted by molar-refractivity contribution is 5.75. The van der Waals surface area contributed by atoms with Gasteiger partial charge in [-0.25, -0.2) is 9.87 Å². The van der Waals surface area contributed by atoms with Crippen LogP contribution in [0.15, 0.2) is 73.1 Å². The molecule has 1 aromatic heterocycles. The Balaban J connectivity index is 1.87. The average Bonchev–Trinajstić information content (AvgIpc) is 2.79. The highest BCUT2D eigenvalue weighted by atomic mass is 19.1. The maximum absolute atomic E-state index is 13.5. The molecule has 0 radical (unpaired) electrons. The van der Waals surface area contributed by atoms with Gasteiger partial charge >= 0.3 is 0 Å². The summed E-state index contributed by atoms with van der Waals surface area (Å²) in [5, 5.41) is 8.96. The van der Waals surface area contributed by atoms with Crippen LogP contribution in [0.4, 0.5) is 4.39 Å². The van der Waals surface area contributed by atoms with Crippen molar-refractivity contribution in [2.45, 2.75) is 31.8 Å². The van der Waals surface area contributed by atoms with Gasteiger partial charge in [0.25, 0.3) is 0 Å². The van der Waals surface area contributed by atoms with Gasteiger partial charge in [0.2, 0.25) is 5.91 Å². The predicted molar refractivity (Wildman–Crippen MR) is 112 cm³/mol. The molecule has 0 unspecified atom stereocenters. The lowest BCUT2D eigenvalue weighted by atomic mass is 9.85. The third-order valence-electron chi connectivity index (χ3n) is 5.04. The minimum Gasteiger partial charge on any atom is -0.377 e. The number of hydrogen-bond acceptors (Lipinski definition) is 4. The zero-order chi connectivity index (χ0) is 21.3. The van der Waals surface area contributed by atoms with E-state index in [1.54, 1.807) is 23.8 Å². The number of nitrogens with one attached hydrogen (secondary N) is 1. The summed E-state index contributed by atoms with van der Waals surface area (Å²) in [5.41, 5.74) is 5.70. The number of rotatable bonds is 9. The van der Waals surface area contributed by atoms with Crippen LogP contribution in [0.3, 0.4) is 0 Å². The molecule has 3 aromatic rings. The van der Waals surface area contributed by atoms with Crippen LogP contribution in [0.25, 0.3) is 11.1 Å². The molecule has 156 valence electrons. The number of nitrogens with zero attached hydrogens (tertiary/aromatic N) is 1. The topological polar surface area (TPSA) is 71.5 Å². The van der Waals surface area contributed by atoms with Gasteiger partial charge in [-0.15, -0.1) is 0 Å². The van der Waals surface area contributed by atoms with E-state index in [0.29, 0.717) is 13.0 Å². The quantitative estimate of drug-likeness (QED) is 0.404. The first kappa shape index (κ1) is 21.6. The van der Waals surface area contributed by atoms with Crippen molar-refractivity contribution in [2.24, 2.45) is 0 Å². The molecule has 2 N–H and O–H groups in total. The van der Waals surface area contributed by atoms with Crippen LogP contribution in [-0.4, -0.2) is 28.8 Å². The Hall–Kier alpha value is -3.09. The number of carbonyl (C=O) groups is 1. The number of hydrogen-bond donors (Lipinski definition) is 2. The van der Waals surface area contributed by atoms with Crippen LogP contribution < -0.4 is 5.48 Å². The number of carbonyl (C=O) groups excluding carboxylic acids is 1. The maximum Gasteiger partial charge on any atom is 0.245 e. The van der Waals surface area contributed by atoms with Gasteiger partial charge in [0.15, 0.2) is 0 Å². The van der Waals surface area contributed by atoms with Crippen molar-refractivity contribution in [1.82, 2.24) is 10.5 Å². The van der Waals surface area contributed by atoms with E-state index in [4.69, 9.17) is 9.94 Å². The van der Waals surface area contributed by atoms with Gasteiger partial charge in [0.05, 0.1) is 12.5 Å². The summed E-state index contributed by atoms with van der Waals surface area (Å²) in [6.45, 7) is 2.27. The Morgan fingerprint density at radius 2 is 1.83 bits per heavy atom. The monoisotopic (exact) mass is 408 g/mol. The lowest BCUT2D eigenvalue weighted by molar-refractivity contribution is -0.132. The third kappa shape index (κ3) is 5.72. The highest BCUT2D eigenvalue weighted by Gasteiger charge is 2.26. The molecule has 0 bridgehead atoms. The van der Waals surface area contributed by atoms with Gasteiger partial charge in [0.1, 0.15) is 5.82 Å². The van der Waals surface area contributed by atoms with E-state index >= 15 is 0 Å². The normalized spacial score (nSPS) is 12.9. The van der Waals surface area contributed by atoms with Crippen molar-refractivity contribution in [3.8, 4) is 11.1 Å². The first-order valence-electron chi connectivity index (χ1n) is 9.90. The largest absolute Gasteiger partial charge is 0.377 e. The van der Waals surface area contributed by atoms with E-state index < -0.39 is 12.0 Å². The van der Waals surface area contributed by atoms with E-state index in [9.17, 15) is 9.18 Å². The second kappa shape index (κ2) is 10.6. The Labute approximate surface area is 175 Å². The first-order chi connectivity index (χ1) is 14.6. The lowest BCUT2D eigenvalue weighted by Gasteiger charge is -2.27. The lowest BCUT2D eigenvalue weighted by Crippen LogP contribution is -2.31. The van der Waals surface area contributed by atoms with Gasteiger partial charge in [-0.1, -0.05) is 42.5 Å². The van der Waals surface area contributed by atoms with Gasteiger partial charge in [-0.2, -0.15) is 0 Å². The zero-order valence-corrected chi connectivity index (χ0v) is 16.8. The second-order valence-corrected chi connectivity index (χ2v) is 7.03. The smallest absolute Gasteiger partial charge is 0.245 e. The molecular formula is C24H25FN2O3. The molecule has 6 heteroatoms. The SMILES string of the molecule is CCO[C@H](CC(=O)NO)[C@H](Cc1ccc(-c2cccnc2)cc1)c1ccc(F)cc1. The zero-order valence-electron chi connectivity index (χ0n) is 16.8. The van der Waals surface area contributed by atoms with Gasteiger partial charge < -0.3 is 4.74 Å². The van der Waals surface area contributed by atoms with Gasteiger partial charge in [0, 0.05) is 24.9 Å². The molecule has 0 fully saturated rings. The highest BCUT2D eigenvalue weighted by Crippen LogP contribution is 2.30. The van der Waals surface area contributed by atoms with Crippen LogP contribution >= 0.6 is 0 Å². The predicted octanol–water partition coefficient (Wildman–Crippen LogP) is 4.51. The first-order valence-corrected chi connectivity index (χ1v) is 9.90. The van der Waals surface area contributed by atoms with Crippen molar-refractivity contribution < 1.29 is 19.1 Å². The van der Waals surface area contributed by atoms with E-state index in [-0.39, 0.29) is 18.2 Å². The molecular weight excluding hydrogens is 383 g/mol. The summed E-state index contributed by atoms with van der Waals surface area (Å²) in [6, 6.07) is 18.3. The molecule has 1 amide bonds. The molecule has 2 aromatic carbocycles. The van der Waals surface area contributed by atoms with Crippen molar-refractivity contribution >= 4 is 5.91 Å².